The largest absolute Gasteiger partial charge is 0.279 e. The third-order valence-electron chi connectivity index (χ3n) is 2.75. The number of para-hydroxylation sites is 1. The molecular weight excluding hydrogens is 248 g/mol. The Balaban J connectivity index is 2.59. The van der Waals surface area contributed by atoms with Crippen molar-refractivity contribution in [3.05, 3.63) is 86.0 Å². The smallest absolute Gasteiger partial charge is 0.264 e. The van der Waals surface area contributed by atoms with Gasteiger partial charge in [0.05, 0.1) is 4.92 Å². The molecule has 0 saturated carbocycles. The first-order chi connectivity index (χ1) is 9.11. The molecule has 0 saturated heterocycles. The predicted octanol–water partition coefficient (Wildman–Crippen LogP) is 2.96. The van der Waals surface area contributed by atoms with Gasteiger partial charge in [-0.1, -0.05) is 42.5 Å². The van der Waals surface area contributed by atoms with Gasteiger partial charge in [-0.2, -0.15) is 0 Å². The monoisotopic (exact) mass is 258 g/mol. The maximum Gasteiger partial charge on any atom is 0.279 e. The van der Waals surface area contributed by atoms with Crippen LogP contribution in [0, 0.1) is 20.2 Å². The van der Waals surface area contributed by atoms with Crippen molar-refractivity contribution in [1.82, 2.24) is 0 Å². The Morgan fingerprint density at radius 1 is 0.842 bits per heavy atom. The van der Waals surface area contributed by atoms with E-state index < -0.39 is 15.9 Å². The zero-order chi connectivity index (χ0) is 13.8. The molecule has 0 amide bonds. The van der Waals surface area contributed by atoms with Gasteiger partial charge in [-0.15, -0.1) is 0 Å². The van der Waals surface area contributed by atoms with E-state index in [4.69, 9.17) is 0 Å². The first kappa shape index (κ1) is 12.7. The molecule has 1 unspecified atom stereocenters. The fourth-order valence-corrected chi connectivity index (χ4v) is 1.94. The van der Waals surface area contributed by atoms with Gasteiger partial charge in [0.15, 0.2) is 0 Å². The molecule has 2 rings (SSSR count). The van der Waals surface area contributed by atoms with E-state index in [1.54, 1.807) is 36.4 Å². The van der Waals surface area contributed by atoms with Crippen molar-refractivity contribution in [2.45, 2.75) is 6.04 Å². The van der Waals surface area contributed by atoms with Crippen molar-refractivity contribution in [2.75, 3.05) is 0 Å². The Morgan fingerprint density at radius 3 is 2.00 bits per heavy atom. The van der Waals surface area contributed by atoms with Crippen LogP contribution in [0.1, 0.15) is 17.2 Å². The zero-order valence-electron chi connectivity index (χ0n) is 9.80. The average Bonchev–Trinajstić information content (AvgIpc) is 2.40. The molecular formula is C13H10N2O4. The van der Waals surface area contributed by atoms with Crippen LogP contribution in [0.5, 0.6) is 0 Å². The van der Waals surface area contributed by atoms with Gasteiger partial charge < -0.3 is 0 Å². The van der Waals surface area contributed by atoms with Crippen LogP contribution in [-0.4, -0.2) is 9.85 Å². The second-order valence-corrected chi connectivity index (χ2v) is 3.91. The van der Waals surface area contributed by atoms with Crippen LogP contribution < -0.4 is 0 Å². The highest BCUT2D eigenvalue weighted by Gasteiger charge is 2.31. The molecule has 6 nitrogen and oxygen atoms in total. The van der Waals surface area contributed by atoms with Gasteiger partial charge >= 0.3 is 0 Å². The summed E-state index contributed by atoms with van der Waals surface area (Å²) in [5, 5.41) is 22.2. The molecule has 0 bridgehead atoms. The second-order valence-electron chi connectivity index (χ2n) is 3.91. The van der Waals surface area contributed by atoms with Crippen LogP contribution in [-0.2, 0) is 0 Å². The van der Waals surface area contributed by atoms with E-state index in [1.165, 1.54) is 18.2 Å². The van der Waals surface area contributed by atoms with Crippen molar-refractivity contribution in [3.8, 4) is 0 Å². The van der Waals surface area contributed by atoms with Gasteiger partial charge in [0.2, 0.25) is 0 Å². The number of nitrogens with zero attached hydrogens (tertiary/aromatic N) is 2. The molecule has 2 aromatic rings. The van der Waals surface area contributed by atoms with Gasteiger partial charge in [0.1, 0.15) is 5.56 Å². The minimum absolute atomic E-state index is 0.0868. The highest BCUT2D eigenvalue weighted by atomic mass is 16.6. The van der Waals surface area contributed by atoms with Gasteiger partial charge in [-0.3, -0.25) is 20.2 Å². The summed E-state index contributed by atoms with van der Waals surface area (Å²) in [7, 11) is 0. The molecule has 1 atom stereocenters. The zero-order valence-corrected chi connectivity index (χ0v) is 9.80. The Hall–Kier alpha value is -2.76. The maximum absolute atomic E-state index is 11.3. The minimum atomic E-state index is -1.23. The predicted molar refractivity (Wildman–Crippen MR) is 68.4 cm³/mol. The summed E-state index contributed by atoms with van der Waals surface area (Å²) >= 11 is 0. The van der Waals surface area contributed by atoms with Gasteiger partial charge in [-0.25, -0.2) is 0 Å². The number of nitro groups is 2. The molecule has 0 aliphatic heterocycles. The van der Waals surface area contributed by atoms with E-state index in [-0.39, 0.29) is 11.3 Å². The number of hydrogen-bond acceptors (Lipinski definition) is 4. The Labute approximate surface area is 108 Å². The normalized spacial score (nSPS) is 11.8. The van der Waals surface area contributed by atoms with Crippen molar-refractivity contribution >= 4 is 5.69 Å². The van der Waals surface area contributed by atoms with Crippen LogP contribution in [0.4, 0.5) is 5.69 Å². The van der Waals surface area contributed by atoms with Crippen molar-refractivity contribution in [1.29, 1.82) is 0 Å². The van der Waals surface area contributed by atoms with Gasteiger partial charge in [0.25, 0.3) is 11.7 Å². The summed E-state index contributed by atoms with van der Waals surface area (Å²) in [6, 6.07) is 12.7. The van der Waals surface area contributed by atoms with E-state index in [2.05, 4.69) is 0 Å². The summed E-state index contributed by atoms with van der Waals surface area (Å²) in [5.74, 6) is 0. The molecule has 0 radical (unpaired) electrons. The lowest BCUT2D eigenvalue weighted by atomic mass is 9.98. The quantitative estimate of drug-likeness (QED) is 0.623. The summed E-state index contributed by atoms with van der Waals surface area (Å²) < 4.78 is 0. The molecule has 19 heavy (non-hydrogen) atoms. The van der Waals surface area contributed by atoms with E-state index in [0.717, 1.165) is 0 Å². The van der Waals surface area contributed by atoms with Crippen LogP contribution in [0.15, 0.2) is 54.6 Å². The summed E-state index contributed by atoms with van der Waals surface area (Å²) in [4.78, 5) is 21.1. The SMILES string of the molecule is O=[N+]([O-])c1ccccc1C(c1ccccc1)[N+](=O)[O-]. The molecule has 0 fully saturated rings. The first-order valence-electron chi connectivity index (χ1n) is 5.53. The molecule has 0 aliphatic carbocycles. The number of rotatable bonds is 4. The second kappa shape index (κ2) is 5.26. The Morgan fingerprint density at radius 2 is 1.42 bits per heavy atom. The van der Waals surface area contributed by atoms with Gasteiger partial charge in [0, 0.05) is 16.6 Å². The van der Waals surface area contributed by atoms with E-state index in [1.807, 2.05) is 0 Å². The van der Waals surface area contributed by atoms with Crippen molar-refractivity contribution in [2.24, 2.45) is 0 Å². The Kier molecular flexibility index (Phi) is 3.51. The van der Waals surface area contributed by atoms with Crippen LogP contribution in [0.3, 0.4) is 0 Å². The average molecular weight is 258 g/mol. The molecule has 96 valence electrons. The molecule has 0 spiro atoms. The molecule has 0 aliphatic rings. The minimum Gasteiger partial charge on any atom is -0.264 e. The molecule has 0 heterocycles. The van der Waals surface area contributed by atoms with Crippen LogP contribution in [0.2, 0.25) is 0 Å². The lowest BCUT2D eigenvalue weighted by molar-refractivity contribution is -0.519. The summed E-state index contributed by atoms with van der Waals surface area (Å²) in [6.45, 7) is 0. The molecule has 0 aromatic heterocycles. The molecule has 0 N–H and O–H groups in total. The number of benzene rings is 2. The number of hydrogen-bond donors (Lipinski definition) is 0. The highest BCUT2D eigenvalue weighted by Crippen LogP contribution is 2.31. The molecule has 6 heteroatoms. The lowest BCUT2D eigenvalue weighted by Gasteiger charge is -2.10. The Bertz CT molecular complexity index is 613. The number of nitro benzene ring substituents is 1. The lowest BCUT2D eigenvalue weighted by Crippen LogP contribution is -2.13. The van der Waals surface area contributed by atoms with Crippen molar-refractivity contribution in [3.63, 3.8) is 0 Å². The summed E-state index contributed by atoms with van der Waals surface area (Å²) in [6.07, 6.45) is 0. The van der Waals surface area contributed by atoms with Gasteiger partial charge in [-0.05, 0) is 6.07 Å². The van der Waals surface area contributed by atoms with E-state index in [9.17, 15) is 20.2 Å². The van der Waals surface area contributed by atoms with Crippen LogP contribution in [0.25, 0.3) is 0 Å². The fourth-order valence-electron chi connectivity index (χ4n) is 1.94. The van der Waals surface area contributed by atoms with E-state index in [0.29, 0.717) is 5.56 Å². The van der Waals surface area contributed by atoms with Crippen LogP contribution >= 0.6 is 0 Å². The van der Waals surface area contributed by atoms with E-state index >= 15 is 0 Å². The fraction of sp³-hybridized carbons (Fsp3) is 0.0769. The maximum atomic E-state index is 11.3. The van der Waals surface area contributed by atoms with Crippen molar-refractivity contribution < 1.29 is 9.85 Å². The topological polar surface area (TPSA) is 86.3 Å². The third-order valence-corrected chi connectivity index (χ3v) is 2.75. The first-order valence-corrected chi connectivity index (χ1v) is 5.53. The molecule has 2 aromatic carbocycles. The highest BCUT2D eigenvalue weighted by molar-refractivity contribution is 5.45. The standard InChI is InChI=1S/C13H10N2O4/c16-14(17)12-9-5-4-8-11(12)13(15(18)19)10-6-2-1-3-7-10/h1-9,13H. The summed E-state index contributed by atoms with van der Waals surface area (Å²) in [5.41, 5.74) is 0.263. The third kappa shape index (κ3) is 2.57.